The molecule has 0 amide bonds. The van der Waals surface area contributed by atoms with Crippen LogP contribution in [0, 0.1) is 5.92 Å². The molecule has 1 rings (SSSR count). The molecule has 0 heterocycles. The van der Waals surface area contributed by atoms with Gasteiger partial charge in [-0.3, -0.25) is 0 Å². The third-order valence-corrected chi connectivity index (χ3v) is 3.80. The van der Waals surface area contributed by atoms with Gasteiger partial charge in [-0.1, -0.05) is 45.1 Å². The quantitative estimate of drug-likeness (QED) is 0.478. The van der Waals surface area contributed by atoms with Crippen molar-refractivity contribution >= 4 is 0 Å². The Morgan fingerprint density at radius 2 is 2.06 bits per heavy atom. The largest absolute Gasteiger partial charge is 0.314 e. The van der Waals surface area contributed by atoms with Gasteiger partial charge < -0.3 is 5.32 Å². The molecule has 0 aromatic rings. The summed E-state index contributed by atoms with van der Waals surface area (Å²) in [5, 5.41) is 3.65. The lowest BCUT2D eigenvalue weighted by Crippen LogP contribution is -2.31. The van der Waals surface area contributed by atoms with Crippen molar-refractivity contribution < 1.29 is 0 Å². The Labute approximate surface area is 102 Å². The van der Waals surface area contributed by atoms with E-state index in [-0.39, 0.29) is 0 Å². The van der Waals surface area contributed by atoms with Crippen LogP contribution in [-0.2, 0) is 0 Å². The van der Waals surface area contributed by atoms with Crippen molar-refractivity contribution in [2.24, 2.45) is 5.92 Å². The number of allylic oxidation sites excluding steroid dienone is 1. The van der Waals surface area contributed by atoms with Gasteiger partial charge in [-0.05, 0) is 38.1 Å². The molecule has 1 N–H and O–H groups in total. The molecular formula is C15H29N. The van der Waals surface area contributed by atoms with Crippen molar-refractivity contribution in [2.75, 3.05) is 6.54 Å². The topological polar surface area (TPSA) is 12.0 Å². The first-order chi connectivity index (χ1) is 7.86. The first-order valence-corrected chi connectivity index (χ1v) is 7.21. The predicted molar refractivity (Wildman–Crippen MR) is 72.7 cm³/mol. The van der Waals surface area contributed by atoms with E-state index in [2.05, 4.69) is 18.8 Å². The van der Waals surface area contributed by atoms with E-state index in [9.17, 15) is 0 Å². The van der Waals surface area contributed by atoms with E-state index in [1.54, 1.807) is 0 Å². The van der Waals surface area contributed by atoms with Crippen molar-refractivity contribution in [3.63, 3.8) is 0 Å². The average molecular weight is 223 g/mol. The number of hydrogen-bond donors (Lipinski definition) is 1. The van der Waals surface area contributed by atoms with E-state index in [0.29, 0.717) is 0 Å². The van der Waals surface area contributed by atoms with Gasteiger partial charge in [-0.15, -0.1) is 6.58 Å². The second kappa shape index (κ2) is 8.81. The van der Waals surface area contributed by atoms with Crippen LogP contribution in [-0.4, -0.2) is 12.6 Å². The van der Waals surface area contributed by atoms with Crippen LogP contribution in [0.4, 0.5) is 0 Å². The summed E-state index contributed by atoms with van der Waals surface area (Å²) in [6.45, 7) is 7.14. The van der Waals surface area contributed by atoms with Gasteiger partial charge >= 0.3 is 0 Å². The molecule has 0 aliphatic heterocycles. The van der Waals surface area contributed by atoms with E-state index < -0.39 is 0 Å². The third kappa shape index (κ3) is 5.69. The fourth-order valence-electron chi connectivity index (χ4n) is 2.93. The van der Waals surface area contributed by atoms with E-state index in [0.717, 1.165) is 18.5 Å². The SMILES string of the molecule is C=CCCCC(CC1CCCCC1)NCC. The normalized spacial score (nSPS) is 19.6. The Kier molecular flexibility index (Phi) is 7.58. The van der Waals surface area contributed by atoms with E-state index in [1.165, 1.54) is 57.8 Å². The number of hydrogen-bond acceptors (Lipinski definition) is 1. The molecule has 1 atom stereocenters. The molecule has 0 bridgehead atoms. The molecule has 1 nitrogen and oxygen atoms in total. The van der Waals surface area contributed by atoms with Gasteiger partial charge in [-0.2, -0.15) is 0 Å². The van der Waals surface area contributed by atoms with Gasteiger partial charge in [0.05, 0.1) is 0 Å². The fourth-order valence-corrected chi connectivity index (χ4v) is 2.93. The Balaban J connectivity index is 2.21. The summed E-state index contributed by atoms with van der Waals surface area (Å²) in [7, 11) is 0. The average Bonchev–Trinajstić information content (AvgIpc) is 2.31. The zero-order valence-electron chi connectivity index (χ0n) is 11.0. The second-order valence-electron chi connectivity index (χ2n) is 5.21. The summed E-state index contributed by atoms with van der Waals surface area (Å²) < 4.78 is 0. The molecule has 1 aliphatic rings. The lowest BCUT2D eigenvalue weighted by atomic mass is 9.84. The summed E-state index contributed by atoms with van der Waals surface area (Å²) in [6, 6.07) is 0.757. The molecule has 0 saturated heterocycles. The summed E-state index contributed by atoms with van der Waals surface area (Å²) in [4.78, 5) is 0. The maximum atomic E-state index is 3.80. The maximum absolute atomic E-state index is 3.80. The molecule has 0 radical (unpaired) electrons. The fraction of sp³-hybridized carbons (Fsp3) is 0.867. The minimum Gasteiger partial charge on any atom is -0.314 e. The van der Waals surface area contributed by atoms with E-state index in [4.69, 9.17) is 0 Å². The molecule has 1 saturated carbocycles. The standard InChI is InChI=1S/C15H29N/c1-3-5-7-12-15(16-4-2)13-14-10-8-6-9-11-14/h3,14-16H,1,4-13H2,2H3. The van der Waals surface area contributed by atoms with Gasteiger partial charge in [0.2, 0.25) is 0 Å². The van der Waals surface area contributed by atoms with Crippen LogP contribution in [0.2, 0.25) is 0 Å². The highest BCUT2D eigenvalue weighted by Gasteiger charge is 2.17. The highest BCUT2D eigenvalue weighted by Crippen LogP contribution is 2.28. The van der Waals surface area contributed by atoms with Crippen molar-refractivity contribution in [3.05, 3.63) is 12.7 Å². The molecule has 1 fully saturated rings. The molecule has 0 aromatic carbocycles. The van der Waals surface area contributed by atoms with Gasteiger partial charge in [0.25, 0.3) is 0 Å². The summed E-state index contributed by atoms with van der Waals surface area (Å²) in [6.07, 6.45) is 14.6. The molecule has 94 valence electrons. The monoisotopic (exact) mass is 223 g/mol. The number of nitrogens with one attached hydrogen (secondary N) is 1. The van der Waals surface area contributed by atoms with Crippen LogP contribution in [0.25, 0.3) is 0 Å². The molecular weight excluding hydrogens is 194 g/mol. The van der Waals surface area contributed by atoms with E-state index >= 15 is 0 Å². The number of unbranched alkanes of at least 4 members (excludes halogenated alkanes) is 1. The summed E-state index contributed by atoms with van der Waals surface area (Å²) in [5.41, 5.74) is 0. The van der Waals surface area contributed by atoms with E-state index in [1.807, 2.05) is 6.08 Å². The lowest BCUT2D eigenvalue weighted by Gasteiger charge is -2.27. The minimum atomic E-state index is 0.757. The van der Waals surface area contributed by atoms with Gasteiger partial charge in [0, 0.05) is 6.04 Å². The maximum Gasteiger partial charge on any atom is 0.00696 e. The summed E-state index contributed by atoms with van der Waals surface area (Å²) in [5.74, 6) is 1.00. The Morgan fingerprint density at radius 1 is 1.31 bits per heavy atom. The lowest BCUT2D eigenvalue weighted by molar-refractivity contribution is 0.291. The van der Waals surface area contributed by atoms with Crippen LogP contribution in [0.5, 0.6) is 0 Å². The molecule has 1 aliphatic carbocycles. The Hall–Kier alpha value is -0.300. The Morgan fingerprint density at radius 3 is 2.69 bits per heavy atom. The molecule has 16 heavy (non-hydrogen) atoms. The summed E-state index contributed by atoms with van der Waals surface area (Å²) >= 11 is 0. The molecule has 1 unspecified atom stereocenters. The Bertz CT molecular complexity index is 170. The van der Waals surface area contributed by atoms with Gasteiger partial charge in [-0.25, -0.2) is 0 Å². The minimum absolute atomic E-state index is 0.757. The van der Waals surface area contributed by atoms with Crippen LogP contribution in [0.1, 0.15) is 64.7 Å². The van der Waals surface area contributed by atoms with Crippen molar-refractivity contribution in [1.82, 2.24) is 5.32 Å². The van der Waals surface area contributed by atoms with Gasteiger partial charge in [0.15, 0.2) is 0 Å². The molecule has 1 heteroatoms. The highest BCUT2D eigenvalue weighted by molar-refractivity contribution is 4.76. The number of rotatable bonds is 8. The first kappa shape index (κ1) is 13.8. The zero-order chi connectivity index (χ0) is 11.6. The highest BCUT2D eigenvalue weighted by atomic mass is 14.9. The van der Waals surface area contributed by atoms with Crippen molar-refractivity contribution in [1.29, 1.82) is 0 Å². The molecule has 0 aromatic heterocycles. The second-order valence-corrected chi connectivity index (χ2v) is 5.21. The van der Waals surface area contributed by atoms with Crippen LogP contribution in [0.3, 0.4) is 0 Å². The van der Waals surface area contributed by atoms with Gasteiger partial charge in [0.1, 0.15) is 0 Å². The smallest absolute Gasteiger partial charge is 0.00696 e. The first-order valence-electron chi connectivity index (χ1n) is 7.21. The predicted octanol–water partition coefficient (Wildman–Crippen LogP) is 4.29. The van der Waals surface area contributed by atoms with Crippen LogP contribution < -0.4 is 5.32 Å². The van der Waals surface area contributed by atoms with Crippen LogP contribution >= 0.6 is 0 Å². The van der Waals surface area contributed by atoms with Crippen molar-refractivity contribution in [2.45, 2.75) is 70.8 Å². The third-order valence-electron chi connectivity index (χ3n) is 3.80. The van der Waals surface area contributed by atoms with Crippen molar-refractivity contribution in [3.8, 4) is 0 Å². The molecule has 0 spiro atoms. The zero-order valence-corrected chi connectivity index (χ0v) is 11.0. The van der Waals surface area contributed by atoms with Crippen LogP contribution in [0.15, 0.2) is 12.7 Å².